The summed E-state index contributed by atoms with van der Waals surface area (Å²) in [4.78, 5) is 26.4. The number of nitrogens with one attached hydrogen (secondary N) is 1. The fourth-order valence-corrected chi connectivity index (χ4v) is 1.73. The Morgan fingerprint density at radius 3 is 2.69 bits per heavy atom. The lowest BCUT2D eigenvalue weighted by molar-refractivity contribution is -0.134. The summed E-state index contributed by atoms with van der Waals surface area (Å²) in [5.41, 5.74) is 0. The molecule has 0 saturated carbocycles. The molecule has 1 fully saturated rings. The third-order valence-corrected chi connectivity index (χ3v) is 2.76. The van der Waals surface area contributed by atoms with Gasteiger partial charge in [-0.25, -0.2) is 0 Å². The summed E-state index contributed by atoms with van der Waals surface area (Å²) >= 11 is 0. The van der Waals surface area contributed by atoms with Crippen molar-refractivity contribution in [1.82, 2.24) is 15.1 Å². The molecular weight excluding hydrogens is 230 g/mol. The molecule has 16 heavy (non-hydrogen) atoms. The van der Waals surface area contributed by atoms with Crippen molar-refractivity contribution in [3.8, 4) is 0 Å². The standard InChI is InChI=1S/C10H19N3O2.ClH/c1-11-4-5-12(2)10(15)8-6-9(14)13(3)7-8;/h8,11H,4-7H2,1-3H3;1H. The second-order valence-corrected chi connectivity index (χ2v) is 4.04. The molecular formula is C10H20ClN3O2. The van der Waals surface area contributed by atoms with Gasteiger partial charge in [-0.3, -0.25) is 9.59 Å². The van der Waals surface area contributed by atoms with Gasteiger partial charge >= 0.3 is 0 Å². The number of likely N-dealkylation sites (N-methyl/N-ethyl adjacent to an activating group) is 2. The highest BCUT2D eigenvalue weighted by molar-refractivity contribution is 5.89. The molecule has 1 aliphatic heterocycles. The smallest absolute Gasteiger partial charge is 0.227 e. The number of likely N-dealkylation sites (tertiary alicyclic amines) is 1. The Hall–Kier alpha value is -0.810. The highest BCUT2D eigenvalue weighted by atomic mass is 35.5. The number of carbonyl (C=O) groups is 2. The molecule has 1 N–H and O–H groups in total. The highest BCUT2D eigenvalue weighted by Crippen LogP contribution is 2.17. The Bertz CT molecular complexity index is 260. The average molecular weight is 250 g/mol. The Labute approximate surface area is 103 Å². The largest absolute Gasteiger partial charge is 0.345 e. The van der Waals surface area contributed by atoms with Crippen molar-refractivity contribution in [3.63, 3.8) is 0 Å². The van der Waals surface area contributed by atoms with Gasteiger partial charge in [0.15, 0.2) is 0 Å². The molecule has 0 aromatic rings. The van der Waals surface area contributed by atoms with Gasteiger partial charge in [-0.15, -0.1) is 12.4 Å². The molecule has 1 saturated heterocycles. The normalized spacial score (nSPS) is 19.6. The van der Waals surface area contributed by atoms with Crippen molar-refractivity contribution in [2.45, 2.75) is 6.42 Å². The van der Waals surface area contributed by atoms with Crippen molar-refractivity contribution in [2.75, 3.05) is 40.8 Å². The van der Waals surface area contributed by atoms with E-state index in [1.54, 1.807) is 23.9 Å². The molecule has 0 spiro atoms. The van der Waals surface area contributed by atoms with Crippen molar-refractivity contribution >= 4 is 24.2 Å². The first-order valence-corrected chi connectivity index (χ1v) is 5.19. The molecule has 94 valence electrons. The number of hydrogen-bond donors (Lipinski definition) is 1. The van der Waals surface area contributed by atoms with Gasteiger partial charge < -0.3 is 15.1 Å². The quantitative estimate of drug-likeness (QED) is 0.735. The van der Waals surface area contributed by atoms with Crippen LogP contribution >= 0.6 is 12.4 Å². The zero-order valence-corrected chi connectivity index (χ0v) is 10.8. The van der Waals surface area contributed by atoms with Crippen LogP contribution in [0.4, 0.5) is 0 Å². The molecule has 0 aromatic heterocycles. The zero-order chi connectivity index (χ0) is 11.4. The summed E-state index contributed by atoms with van der Waals surface area (Å²) in [6.45, 7) is 2.02. The molecule has 1 rings (SSSR count). The van der Waals surface area contributed by atoms with Crippen LogP contribution in [0.15, 0.2) is 0 Å². The van der Waals surface area contributed by atoms with E-state index in [0.717, 1.165) is 6.54 Å². The average Bonchev–Trinajstić information content (AvgIpc) is 2.54. The summed E-state index contributed by atoms with van der Waals surface area (Å²) in [5, 5.41) is 2.99. The highest BCUT2D eigenvalue weighted by Gasteiger charge is 2.33. The molecule has 0 aromatic carbocycles. The van der Waals surface area contributed by atoms with Crippen molar-refractivity contribution in [1.29, 1.82) is 0 Å². The SMILES string of the molecule is CNCCN(C)C(=O)C1CC(=O)N(C)C1.Cl. The van der Waals surface area contributed by atoms with Gasteiger partial charge in [0.05, 0.1) is 5.92 Å². The number of carbonyl (C=O) groups excluding carboxylic acids is 2. The predicted molar refractivity (Wildman–Crippen MR) is 64.6 cm³/mol. The van der Waals surface area contributed by atoms with Gasteiger partial charge in [-0.2, -0.15) is 0 Å². The van der Waals surface area contributed by atoms with Crippen molar-refractivity contribution < 1.29 is 9.59 Å². The maximum atomic E-state index is 11.9. The van der Waals surface area contributed by atoms with E-state index in [-0.39, 0.29) is 30.1 Å². The molecule has 1 unspecified atom stereocenters. The summed E-state index contributed by atoms with van der Waals surface area (Å²) < 4.78 is 0. The summed E-state index contributed by atoms with van der Waals surface area (Å²) in [6.07, 6.45) is 0.360. The van der Waals surface area contributed by atoms with E-state index in [0.29, 0.717) is 19.5 Å². The van der Waals surface area contributed by atoms with E-state index >= 15 is 0 Å². The summed E-state index contributed by atoms with van der Waals surface area (Å²) in [5.74, 6) is -0.0114. The first-order chi connectivity index (χ1) is 7.06. The monoisotopic (exact) mass is 249 g/mol. The number of nitrogens with zero attached hydrogens (tertiary/aromatic N) is 2. The number of rotatable bonds is 4. The van der Waals surface area contributed by atoms with Crippen LogP contribution in [-0.2, 0) is 9.59 Å². The number of amides is 2. The third-order valence-electron chi connectivity index (χ3n) is 2.76. The van der Waals surface area contributed by atoms with Crippen LogP contribution in [0.3, 0.4) is 0 Å². The van der Waals surface area contributed by atoms with Crippen LogP contribution in [0.25, 0.3) is 0 Å². The molecule has 2 amide bonds. The van der Waals surface area contributed by atoms with Gasteiger partial charge in [0.1, 0.15) is 0 Å². The van der Waals surface area contributed by atoms with E-state index in [1.807, 2.05) is 7.05 Å². The molecule has 6 heteroatoms. The lowest BCUT2D eigenvalue weighted by atomic mass is 10.1. The number of halogens is 1. The molecule has 0 radical (unpaired) electrons. The van der Waals surface area contributed by atoms with Gasteiger partial charge in [-0.05, 0) is 7.05 Å². The second kappa shape index (κ2) is 6.70. The van der Waals surface area contributed by atoms with Gasteiger partial charge in [-0.1, -0.05) is 0 Å². The first-order valence-electron chi connectivity index (χ1n) is 5.19. The molecule has 1 heterocycles. The minimum absolute atomic E-state index is 0. The Balaban J connectivity index is 0.00000225. The summed E-state index contributed by atoms with van der Waals surface area (Å²) in [6, 6.07) is 0. The van der Waals surface area contributed by atoms with Crippen LogP contribution in [0.1, 0.15) is 6.42 Å². The lowest BCUT2D eigenvalue weighted by Crippen LogP contribution is -2.37. The van der Waals surface area contributed by atoms with Crippen LogP contribution in [-0.4, -0.2) is 62.4 Å². The Morgan fingerprint density at radius 1 is 1.62 bits per heavy atom. The van der Waals surface area contributed by atoms with Crippen LogP contribution in [0, 0.1) is 5.92 Å². The zero-order valence-electron chi connectivity index (χ0n) is 10.0. The topological polar surface area (TPSA) is 52.7 Å². The first kappa shape index (κ1) is 15.2. The summed E-state index contributed by atoms with van der Waals surface area (Å²) in [7, 11) is 5.37. The van der Waals surface area contributed by atoms with Crippen LogP contribution in [0.5, 0.6) is 0 Å². The minimum atomic E-state index is -0.149. The molecule has 0 bridgehead atoms. The fourth-order valence-electron chi connectivity index (χ4n) is 1.73. The molecule has 0 aliphatic carbocycles. The van der Waals surface area contributed by atoms with Gasteiger partial charge in [0.2, 0.25) is 11.8 Å². The van der Waals surface area contributed by atoms with Crippen LogP contribution in [0.2, 0.25) is 0 Å². The molecule has 1 atom stereocenters. The fraction of sp³-hybridized carbons (Fsp3) is 0.800. The maximum absolute atomic E-state index is 11.9. The van der Waals surface area contributed by atoms with E-state index in [4.69, 9.17) is 0 Å². The van der Waals surface area contributed by atoms with E-state index in [1.165, 1.54) is 0 Å². The van der Waals surface area contributed by atoms with Crippen LogP contribution < -0.4 is 5.32 Å². The van der Waals surface area contributed by atoms with Gasteiger partial charge in [0.25, 0.3) is 0 Å². The third kappa shape index (κ3) is 3.64. The Morgan fingerprint density at radius 2 is 2.25 bits per heavy atom. The maximum Gasteiger partial charge on any atom is 0.227 e. The lowest BCUT2D eigenvalue weighted by Gasteiger charge is -2.20. The van der Waals surface area contributed by atoms with Crippen molar-refractivity contribution in [2.24, 2.45) is 5.92 Å². The second-order valence-electron chi connectivity index (χ2n) is 4.04. The molecule has 1 aliphatic rings. The minimum Gasteiger partial charge on any atom is -0.345 e. The van der Waals surface area contributed by atoms with Crippen molar-refractivity contribution in [3.05, 3.63) is 0 Å². The van der Waals surface area contributed by atoms with E-state index in [9.17, 15) is 9.59 Å². The van der Waals surface area contributed by atoms with E-state index in [2.05, 4.69) is 5.32 Å². The Kier molecular flexibility index (Phi) is 6.36. The van der Waals surface area contributed by atoms with E-state index < -0.39 is 0 Å². The number of hydrogen-bond acceptors (Lipinski definition) is 3. The molecule has 5 nitrogen and oxygen atoms in total. The predicted octanol–water partition coefficient (Wildman–Crippen LogP) is -0.436. The van der Waals surface area contributed by atoms with Gasteiger partial charge in [0, 0.05) is 40.2 Å².